The van der Waals surface area contributed by atoms with Gasteiger partial charge in [0.05, 0.1) is 5.02 Å². The highest BCUT2D eigenvalue weighted by molar-refractivity contribution is 7.10. The number of ether oxygens (including phenoxy) is 1. The highest BCUT2D eigenvalue weighted by Gasteiger charge is 2.20. The Balaban J connectivity index is 2.59. The number of carbonyl (C=O) groups excluding carboxylic acids is 1. The van der Waals surface area contributed by atoms with Crippen molar-refractivity contribution in [1.29, 1.82) is 0 Å². The summed E-state index contributed by atoms with van der Waals surface area (Å²) in [5, 5.41) is 5.53. The van der Waals surface area contributed by atoms with Crippen molar-refractivity contribution in [1.82, 2.24) is 5.32 Å². The Kier molecular flexibility index (Phi) is 5.64. The lowest BCUT2D eigenvalue weighted by Crippen LogP contribution is -2.44. The first kappa shape index (κ1) is 16.3. The first-order valence-electron chi connectivity index (χ1n) is 6.15. The minimum absolute atomic E-state index is 0.176. The molecule has 0 aliphatic rings. The fourth-order valence-corrected chi connectivity index (χ4v) is 2.84. The molecule has 1 heterocycles. The maximum Gasteiger partial charge on any atom is 0.407 e. The summed E-state index contributed by atoms with van der Waals surface area (Å²) < 4.78 is 5.21. The molecule has 3 N–H and O–H groups in total. The summed E-state index contributed by atoms with van der Waals surface area (Å²) in [7, 11) is 0. The van der Waals surface area contributed by atoms with E-state index < -0.39 is 11.7 Å². The normalized spacial score (nSPS) is 13.2. The average molecular weight is 305 g/mol. The van der Waals surface area contributed by atoms with Gasteiger partial charge in [-0.2, -0.15) is 0 Å². The van der Waals surface area contributed by atoms with Gasteiger partial charge in [-0.25, -0.2) is 4.79 Å². The lowest BCUT2D eigenvalue weighted by Gasteiger charge is -2.22. The number of amides is 1. The van der Waals surface area contributed by atoms with E-state index in [1.54, 1.807) is 11.3 Å². The van der Waals surface area contributed by atoms with Gasteiger partial charge in [0.2, 0.25) is 0 Å². The van der Waals surface area contributed by atoms with Crippen LogP contribution in [0.3, 0.4) is 0 Å². The Hall–Kier alpha value is -0.780. The maximum absolute atomic E-state index is 11.7. The third-order valence-corrected chi connectivity index (χ3v) is 4.17. The second-order valence-corrected chi connectivity index (χ2v) is 6.78. The van der Waals surface area contributed by atoms with E-state index in [2.05, 4.69) is 5.32 Å². The molecule has 0 saturated heterocycles. The summed E-state index contributed by atoms with van der Waals surface area (Å²) in [4.78, 5) is 12.7. The monoisotopic (exact) mass is 304 g/mol. The van der Waals surface area contributed by atoms with Crippen LogP contribution in [0.25, 0.3) is 0 Å². The maximum atomic E-state index is 11.7. The standard InChI is InChI=1S/C13H21ClN2O2S/c1-8-7-19-10(11(8)14)5-9(6-15)16-12(17)18-13(2,3)4/h7,9H,5-6,15H2,1-4H3,(H,16,17). The summed E-state index contributed by atoms with van der Waals surface area (Å²) in [6.07, 6.45) is 0.167. The zero-order valence-electron chi connectivity index (χ0n) is 11.7. The lowest BCUT2D eigenvalue weighted by molar-refractivity contribution is 0.0506. The van der Waals surface area contributed by atoms with Crippen molar-refractivity contribution in [2.24, 2.45) is 5.73 Å². The molecule has 0 radical (unpaired) electrons. The average Bonchev–Trinajstić information content (AvgIpc) is 2.57. The van der Waals surface area contributed by atoms with Crippen LogP contribution < -0.4 is 11.1 Å². The number of carbonyl (C=O) groups is 1. The van der Waals surface area contributed by atoms with E-state index in [0.717, 1.165) is 15.5 Å². The van der Waals surface area contributed by atoms with Crippen molar-refractivity contribution in [2.75, 3.05) is 6.54 Å². The van der Waals surface area contributed by atoms with Gasteiger partial charge in [-0.15, -0.1) is 11.3 Å². The molecule has 1 rings (SSSR count). The Labute approximate surface area is 123 Å². The minimum atomic E-state index is -0.513. The van der Waals surface area contributed by atoms with Gasteiger partial charge < -0.3 is 15.8 Å². The number of aryl methyl sites for hydroxylation is 1. The third kappa shape index (κ3) is 5.38. The summed E-state index contributed by atoms with van der Waals surface area (Å²) in [5.41, 5.74) is 6.22. The second kappa shape index (κ2) is 6.59. The van der Waals surface area contributed by atoms with Gasteiger partial charge in [0, 0.05) is 23.9 Å². The van der Waals surface area contributed by atoms with Gasteiger partial charge in [-0.05, 0) is 38.6 Å². The highest BCUT2D eigenvalue weighted by atomic mass is 35.5. The van der Waals surface area contributed by atoms with E-state index in [4.69, 9.17) is 22.1 Å². The molecule has 0 fully saturated rings. The van der Waals surface area contributed by atoms with Crippen LogP contribution in [0, 0.1) is 6.92 Å². The molecule has 108 valence electrons. The third-order valence-electron chi connectivity index (χ3n) is 2.41. The number of alkyl carbamates (subject to hydrolysis) is 1. The predicted molar refractivity (Wildman–Crippen MR) is 80.0 cm³/mol. The fourth-order valence-electron chi connectivity index (χ4n) is 1.51. The molecule has 19 heavy (non-hydrogen) atoms. The van der Waals surface area contributed by atoms with Gasteiger partial charge in [-0.1, -0.05) is 11.6 Å². The second-order valence-electron chi connectivity index (χ2n) is 5.44. The molecular weight excluding hydrogens is 284 g/mol. The SMILES string of the molecule is Cc1csc(CC(CN)NC(=O)OC(C)(C)C)c1Cl. The van der Waals surface area contributed by atoms with E-state index >= 15 is 0 Å². The Morgan fingerprint density at radius 1 is 1.58 bits per heavy atom. The van der Waals surface area contributed by atoms with Crippen LogP contribution in [0.15, 0.2) is 5.38 Å². The van der Waals surface area contributed by atoms with Gasteiger partial charge in [-0.3, -0.25) is 0 Å². The lowest BCUT2D eigenvalue weighted by atomic mass is 10.1. The van der Waals surface area contributed by atoms with Crippen molar-refractivity contribution in [3.05, 3.63) is 20.8 Å². The Morgan fingerprint density at radius 2 is 2.21 bits per heavy atom. The van der Waals surface area contributed by atoms with Gasteiger partial charge in [0.25, 0.3) is 0 Å². The number of hydrogen-bond donors (Lipinski definition) is 2. The zero-order valence-corrected chi connectivity index (χ0v) is 13.3. The van der Waals surface area contributed by atoms with E-state index in [-0.39, 0.29) is 6.04 Å². The van der Waals surface area contributed by atoms with Crippen LogP contribution in [0.1, 0.15) is 31.2 Å². The summed E-state index contributed by atoms with van der Waals surface area (Å²) in [6.45, 7) is 7.77. The van der Waals surface area contributed by atoms with Crippen molar-refractivity contribution < 1.29 is 9.53 Å². The molecule has 1 amide bonds. The molecule has 1 unspecified atom stereocenters. The summed E-state index contributed by atoms with van der Waals surface area (Å²) in [5.74, 6) is 0. The molecule has 0 saturated carbocycles. The van der Waals surface area contributed by atoms with Crippen LogP contribution in [-0.2, 0) is 11.2 Å². The number of hydrogen-bond acceptors (Lipinski definition) is 4. The molecule has 1 aromatic rings. The van der Waals surface area contributed by atoms with Crippen LogP contribution in [0.2, 0.25) is 5.02 Å². The quantitative estimate of drug-likeness (QED) is 0.898. The molecule has 0 aromatic carbocycles. The molecule has 0 aliphatic carbocycles. The van der Waals surface area contributed by atoms with Crippen LogP contribution in [0.5, 0.6) is 0 Å². The molecule has 6 heteroatoms. The van der Waals surface area contributed by atoms with Crippen molar-refractivity contribution in [3.63, 3.8) is 0 Å². The topological polar surface area (TPSA) is 64.3 Å². The molecule has 1 atom stereocenters. The molecule has 1 aromatic heterocycles. The van der Waals surface area contributed by atoms with Crippen LogP contribution in [0.4, 0.5) is 4.79 Å². The number of nitrogens with two attached hydrogens (primary N) is 1. The predicted octanol–water partition coefficient (Wildman–Crippen LogP) is 3.10. The van der Waals surface area contributed by atoms with Crippen LogP contribution in [-0.4, -0.2) is 24.3 Å². The smallest absolute Gasteiger partial charge is 0.407 e. The fraction of sp³-hybridized carbons (Fsp3) is 0.615. The molecule has 0 spiro atoms. The first-order chi connectivity index (χ1) is 8.73. The number of halogens is 1. The van der Waals surface area contributed by atoms with E-state index in [1.807, 2.05) is 33.1 Å². The van der Waals surface area contributed by atoms with Crippen molar-refractivity contribution in [2.45, 2.75) is 45.8 Å². The van der Waals surface area contributed by atoms with Gasteiger partial charge >= 0.3 is 6.09 Å². The van der Waals surface area contributed by atoms with E-state index in [1.165, 1.54) is 0 Å². The number of rotatable bonds is 4. The van der Waals surface area contributed by atoms with E-state index in [0.29, 0.717) is 13.0 Å². The van der Waals surface area contributed by atoms with Crippen molar-refractivity contribution in [3.8, 4) is 0 Å². The largest absolute Gasteiger partial charge is 0.444 e. The van der Waals surface area contributed by atoms with Crippen LogP contribution >= 0.6 is 22.9 Å². The Morgan fingerprint density at radius 3 is 2.63 bits per heavy atom. The zero-order chi connectivity index (χ0) is 14.6. The highest BCUT2D eigenvalue weighted by Crippen LogP contribution is 2.28. The van der Waals surface area contributed by atoms with Crippen molar-refractivity contribution >= 4 is 29.0 Å². The summed E-state index contributed by atoms with van der Waals surface area (Å²) >= 11 is 7.76. The van der Waals surface area contributed by atoms with E-state index in [9.17, 15) is 4.79 Å². The molecule has 0 aliphatic heterocycles. The minimum Gasteiger partial charge on any atom is -0.444 e. The number of nitrogens with one attached hydrogen (secondary N) is 1. The summed E-state index contributed by atoms with van der Waals surface area (Å²) in [6, 6.07) is -0.176. The van der Waals surface area contributed by atoms with Gasteiger partial charge in [0.1, 0.15) is 5.60 Å². The number of thiophene rings is 1. The first-order valence-corrected chi connectivity index (χ1v) is 7.40. The molecule has 4 nitrogen and oxygen atoms in total. The molecular formula is C13H21ClN2O2S. The van der Waals surface area contributed by atoms with Gasteiger partial charge in [0.15, 0.2) is 0 Å². The molecule has 0 bridgehead atoms. The Bertz CT molecular complexity index is 440.